The first-order valence-electron chi connectivity index (χ1n) is 6.73. The summed E-state index contributed by atoms with van der Waals surface area (Å²) in [7, 11) is 0. The molecule has 0 saturated heterocycles. The van der Waals surface area contributed by atoms with Crippen molar-refractivity contribution < 1.29 is 4.79 Å². The summed E-state index contributed by atoms with van der Waals surface area (Å²) in [5.74, 6) is -0.121. The number of nitrogens with two attached hydrogens (primary N) is 1. The maximum Gasteiger partial charge on any atom is 0.237 e. The summed E-state index contributed by atoms with van der Waals surface area (Å²) in [6, 6.07) is 15.0. The molecular formula is C16H21Cl2N3O. The zero-order valence-electron chi connectivity index (χ0n) is 12.1. The number of benzene rings is 1. The van der Waals surface area contributed by atoms with Crippen LogP contribution in [0.2, 0.25) is 0 Å². The highest BCUT2D eigenvalue weighted by molar-refractivity contribution is 5.85. The molecule has 1 aromatic carbocycles. The maximum atomic E-state index is 11.9. The molecule has 22 heavy (non-hydrogen) atoms. The minimum Gasteiger partial charge on any atom is -0.354 e. The molecule has 4 nitrogen and oxygen atoms in total. The van der Waals surface area contributed by atoms with Crippen LogP contribution in [0.15, 0.2) is 54.7 Å². The van der Waals surface area contributed by atoms with Crippen LogP contribution in [-0.2, 0) is 17.6 Å². The van der Waals surface area contributed by atoms with Gasteiger partial charge in [-0.25, -0.2) is 0 Å². The number of pyridine rings is 1. The number of nitrogens with zero attached hydrogens (tertiary/aromatic N) is 1. The third kappa shape index (κ3) is 6.89. The zero-order chi connectivity index (χ0) is 14.2. The summed E-state index contributed by atoms with van der Waals surface area (Å²) in [5, 5.41) is 2.85. The topological polar surface area (TPSA) is 68.0 Å². The molecule has 0 spiro atoms. The Kier molecular flexibility index (Phi) is 10.2. The summed E-state index contributed by atoms with van der Waals surface area (Å²) in [5.41, 5.74) is 7.93. The molecule has 0 aliphatic carbocycles. The van der Waals surface area contributed by atoms with Crippen molar-refractivity contribution >= 4 is 30.7 Å². The average molecular weight is 342 g/mol. The predicted octanol–water partition coefficient (Wildman–Crippen LogP) is 2.15. The Morgan fingerprint density at radius 1 is 1.09 bits per heavy atom. The van der Waals surface area contributed by atoms with Crippen molar-refractivity contribution in [3.8, 4) is 0 Å². The van der Waals surface area contributed by atoms with Crippen LogP contribution >= 0.6 is 24.8 Å². The Morgan fingerprint density at radius 2 is 1.77 bits per heavy atom. The standard InChI is InChI=1S/C16H19N3O.2ClH/c17-15(12-13-6-2-1-3-7-13)16(20)19-11-9-14-8-4-5-10-18-14;;/h1-8,10,15H,9,11-12,17H2,(H,19,20);2*1H/t15-;;/m0../s1. The van der Waals surface area contributed by atoms with Crippen molar-refractivity contribution in [3.05, 3.63) is 66.0 Å². The first kappa shape index (κ1) is 20.4. The predicted molar refractivity (Wildman–Crippen MR) is 93.6 cm³/mol. The van der Waals surface area contributed by atoms with Gasteiger partial charge in [-0.2, -0.15) is 0 Å². The smallest absolute Gasteiger partial charge is 0.237 e. The molecule has 1 amide bonds. The fourth-order valence-electron chi connectivity index (χ4n) is 1.95. The third-order valence-electron chi connectivity index (χ3n) is 3.04. The largest absolute Gasteiger partial charge is 0.354 e. The fraction of sp³-hybridized carbons (Fsp3) is 0.250. The number of hydrogen-bond donors (Lipinski definition) is 2. The van der Waals surface area contributed by atoms with Gasteiger partial charge in [0.05, 0.1) is 6.04 Å². The van der Waals surface area contributed by atoms with Crippen molar-refractivity contribution in [1.29, 1.82) is 0 Å². The summed E-state index contributed by atoms with van der Waals surface area (Å²) < 4.78 is 0. The molecule has 0 bridgehead atoms. The number of halogens is 2. The van der Waals surface area contributed by atoms with E-state index in [0.29, 0.717) is 19.4 Å². The average Bonchev–Trinajstić information content (AvgIpc) is 2.49. The fourth-order valence-corrected chi connectivity index (χ4v) is 1.95. The SMILES string of the molecule is Cl.Cl.N[C@@H](Cc1ccccc1)C(=O)NCCc1ccccn1. The Bertz CT molecular complexity index is 538. The van der Waals surface area contributed by atoms with Crippen LogP contribution < -0.4 is 11.1 Å². The number of carbonyl (C=O) groups excluding carboxylic acids is 1. The van der Waals surface area contributed by atoms with E-state index in [4.69, 9.17) is 5.73 Å². The van der Waals surface area contributed by atoms with Gasteiger partial charge < -0.3 is 11.1 Å². The Balaban J connectivity index is 0.00000220. The highest BCUT2D eigenvalue weighted by atomic mass is 35.5. The Morgan fingerprint density at radius 3 is 2.41 bits per heavy atom. The molecular weight excluding hydrogens is 321 g/mol. The van der Waals surface area contributed by atoms with Crippen LogP contribution in [0.4, 0.5) is 0 Å². The normalized spacial score (nSPS) is 10.8. The lowest BCUT2D eigenvalue weighted by Gasteiger charge is -2.12. The number of amides is 1. The van der Waals surface area contributed by atoms with Gasteiger partial charge in [-0.15, -0.1) is 24.8 Å². The first-order chi connectivity index (χ1) is 9.75. The van der Waals surface area contributed by atoms with Gasteiger partial charge in [0.2, 0.25) is 5.91 Å². The molecule has 0 unspecified atom stereocenters. The summed E-state index contributed by atoms with van der Waals surface area (Å²) in [6.45, 7) is 0.554. The molecule has 1 atom stereocenters. The molecule has 2 rings (SSSR count). The van der Waals surface area contributed by atoms with Crippen LogP contribution in [-0.4, -0.2) is 23.5 Å². The van der Waals surface area contributed by atoms with Gasteiger partial charge in [-0.05, 0) is 24.1 Å². The van der Waals surface area contributed by atoms with Crippen LogP contribution in [0, 0.1) is 0 Å². The highest BCUT2D eigenvalue weighted by Gasteiger charge is 2.13. The third-order valence-corrected chi connectivity index (χ3v) is 3.04. The minimum absolute atomic E-state index is 0. The van der Waals surface area contributed by atoms with Crippen molar-refractivity contribution in [3.63, 3.8) is 0 Å². The van der Waals surface area contributed by atoms with E-state index in [0.717, 1.165) is 11.3 Å². The second-order valence-corrected chi connectivity index (χ2v) is 4.66. The van der Waals surface area contributed by atoms with E-state index >= 15 is 0 Å². The van der Waals surface area contributed by atoms with Crippen molar-refractivity contribution in [2.24, 2.45) is 5.73 Å². The van der Waals surface area contributed by atoms with E-state index in [1.165, 1.54) is 0 Å². The summed E-state index contributed by atoms with van der Waals surface area (Å²) in [6.07, 6.45) is 3.01. The second kappa shape index (κ2) is 11.0. The van der Waals surface area contributed by atoms with Crippen molar-refractivity contribution in [2.45, 2.75) is 18.9 Å². The lowest BCUT2D eigenvalue weighted by molar-refractivity contribution is -0.122. The van der Waals surface area contributed by atoms with Gasteiger partial charge in [0.1, 0.15) is 0 Å². The highest BCUT2D eigenvalue weighted by Crippen LogP contribution is 2.02. The molecule has 1 heterocycles. The van der Waals surface area contributed by atoms with E-state index in [-0.39, 0.29) is 30.7 Å². The minimum atomic E-state index is -0.513. The molecule has 1 aromatic heterocycles. The van der Waals surface area contributed by atoms with Gasteiger partial charge in [0, 0.05) is 24.9 Å². The van der Waals surface area contributed by atoms with Crippen LogP contribution in [0.3, 0.4) is 0 Å². The lowest BCUT2D eigenvalue weighted by atomic mass is 10.1. The number of aromatic nitrogens is 1. The van der Waals surface area contributed by atoms with Crippen LogP contribution in [0.5, 0.6) is 0 Å². The molecule has 0 fully saturated rings. The van der Waals surface area contributed by atoms with E-state index in [9.17, 15) is 4.79 Å². The molecule has 0 saturated carbocycles. The molecule has 0 radical (unpaired) electrons. The van der Waals surface area contributed by atoms with Crippen LogP contribution in [0.25, 0.3) is 0 Å². The zero-order valence-corrected chi connectivity index (χ0v) is 13.8. The number of carbonyl (C=O) groups is 1. The monoisotopic (exact) mass is 341 g/mol. The van der Waals surface area contributed by atoms with Gasteiger partial charge in [0.25, 0.3) is 0 Å². The Labute approximate surface area is 143 Å². The molecule has 0 aliphatic rings. The van der Waals surface area contributed by atoms with Gasteiger partial charge in [-0.1, -0.05) is 36.4 Å². The summed E-state index contributed by atoms with van der Waals surface area (Å²) >= 11 is 0. The van der Waals surface area contributed by atoms with Gasteiger partial charge >= 0.3 is 0 Å². The number of nitrogens with one attached hydrogen (secondary N) is 1. The number of rotatable bonds is 6. The lowest BCUT2D eigenvalue weighted by Crippen LogP contribution is -2.42. The van der Waals surface area contributed by atoms with Crippen molar-refractivity contribution in [1.82, 2.24) is 10.3 Å². The summed E-state index contributed by atoms with van der Waals surface area (Å²) in [4.78, 5) is 16.1. The molecule has 3 N–H and O–H groups in total. The Hall–Kier alpha value is -1.62. The first-order valence-corrected chi connectivity index (χ1v) is 6.73. The molecule has 6 heteroatoms. The van der Waals surface area contributed by atoms with Crippen LogP contribution in [0.1, 0.15) is 11.3 Å². The van der Waals surface area contributed by atoms with E-state index in [2.05, 4.69) is 10.3 Å². The van der Waals surface area contributed by atoms with Gasteiger partial charge in [-0.3, -0.25) is 9.78 Å². The molecule has 120 valence electrons. The molecule has 2 aromatic rings. The van der Waals surface area contributed by atoms with Gasteiger partial charge in [0.15, 0.2) is 0 Å². The van der Waals surface area contributed by atoms with E-state index < -0.39 is 6.04 Å². The van der Waals surface area contributed by atoms with Crippen molar-refractivity contribution in [2.75, 3.05) is 6.54 Å². The molecule has 0 aliphatic heterocycles. The maximum absolute atomic E-state index is 11.9. The van der Waals surface area contributed by atoms with E-state index in [1.54, 1.807) is 6.20 Å². The van der Waals surface area contributed by atoms with E-state index in [1.807, 2.05) is 48.5 Å². The quantitative estimate of drug-likeness (QED) is 0.845. The second-order valence-electron chi connectivity index (χ2n) is 4.66. The number of hydrogen-bond acceptors (Lipinski definition) is 3.